The van der Waals surface area contributed by atoms with Gasteiger partial charge in [-0.2, -0.15) is 0 Å². The molecule has 1 aromatic carbocycles. The molecule has 0 aliphatic heterocycles. The molecule has 0 radical (unpaired) electrons. The van der Waals surface area contributed by atoms with E-state index in [-0.39, 0.29) is 16.9 Å². The second-order valence-electron chi connectivity index (χ2n) is 7.18. The molecule has 3 N–H and O–H groups in total. The first kappa shape index (κ1) is 21.5. The lowest BCUT2D eigenvalue weighted by Gasteiger charge is -2.20. The van der Waals surface area contributed by atoms with E-state index in [0.717, 1.165) is 11.5 Å². The number of primary sulfonamides is 1. The van der Waals surface area contributed by atoms with E-state index < -0.39 is 10.0 Å². The molecule has 150 valence electrons. The first-order valence-corrected chi connectivity index (χ1v) is 10.5. The van der Waals surface area contributed by atoms with E-state index in [0.29, 0.717) is 24.9 Å². The zero-order valence-electron chi connectivity index (χ0n) is 16.5. The van der Waals surface area contributed by atoms with E-state index in [4.69, 9.17) is 9.88 Å². The Balaban J connectivity index is 2.27. The maximum Gasteiger partial charge on any atom is 0.238 e. The monoisotopic (exact) mass is 395 g/mol. The van der Waals surface area contributed by atoms with Gasteiger partial charge >= 0.3 is 0 Å². The number of aromatic nitrogens is 3. The summed E-state index contributed by atoms with van der Waals surface area (Å²) in [5.74, 6) is 2.06. The Labute approximate surface area is 161 Å². The van der Waals surface area contributed by atoms with Crippen molar-refractivity contribution >= 4 is 10.0 Å². The van der Waals surface area contributed by atoms with Crippen molar-refractivity contribution in [1.82, 2.24) is 20.1 Å². The molecule has 1 aromatic heterocycles. The van der Waals surface area contributed by atoms with Gasteiger partial charge in [0.1, 0.15) is 5.82 Å². The van der Waals surface area contributed by atoms with Crippen LogP contribution in [0.25, 0.3) is 5.69 Å². The second-order valence-corrected chi connectivity index (χ2v) is 8.74. The van der Waals surface area contributed by atoms with Gasteiger partial charge in [-0.05, 0) is 30.2 Å². The molecule has 0 fully saturated rings. The van der Waals surface area contributed by atoms with Gasteiger partial charge in [0.15, 0.2) is 5.82 Å². The highest BCUT2D eigenvalue weighted by Gasteiger charge is 2.18. The third-order valence-corrected chi connectivity index (χ3v) is 5.20. The van der Waals surface area contributed by atoms with Crippen LogP contribution in [0.15, 0.2) is 29.2 Å². The quantitative estimate of drug-likeness (QED) is 0.669. The Kier molecular flexibility index (Phi) is 7.10. The molecule has 2 rings (SSSR count). The molecule has 0 aliphatic rings. The molecule has 1 unspecified atom stereocenters. The zero-order chi connectivity index (χ0) is 20.2. The van der Waals surface area contributed by atoms with Gasteiger partial charge in [-0.1, -0.05) is 27.7 Å². The predicted molar refractivity (Wildman–Crippen MR) is 104 cm³/mol. The van der Waals surface area contributed by atoms with E-state index in [2.05, 4.69) is 29.2 Å². The van der Waals surface area contributed by atoms with Gasteiger partial charge in [-0.25, -0.2) is 23.2 Å². The molecule has 2 aromatic rings. The van der Waals surface area contributed by atoms with Crippen LogP contribution in [0.3, 0.4) is 0 Å². The van der Waals surface area contributed by atoms with Crippen molar-refractivity contribution in [3.63, 3.8) is 0 Å². The lowest BCUT2D eigenvalue weighted by Crippen LogP contribution is -2.37. The molecule has 0 amide bonds. The number of benzene rings is 1. The lowest BCUT2D eigenvalue weighted by atomic mass is 10.1. The Bertz CT molecular complexity index is 844. The fourth-order valence-electron chi connectivity index (χ4n) is 2.67. The van der Waals surface area contributed by atoms with Crippen molar-refractivity contribution < 1.29 is 13.2 Å². The number of rotatable bonds is 9. The summed E-state index contributed by atoms with van der Waals surface area (Å²) in [4.78, 5) is 4.72. The number of methoxy groups -OCH3 is 1. The van der Waals surface area contributed by atoms with E-state index >= 15 is 0 Å². The first-order chi connectivity index (χ1) is 12.6. The van der Waals surface area contributed by atoms with E-state index in [1.165, 1.54) is 12.1 Å². The average molecular weight is 396 g/mol. The van der Waals surface area contributed by atoms with Crippen molar-refractivity contribution in [2.45, 2.75) is 51.1 Å². The van der Waals surface area contributed by atoms with E-state index in [1.54, 1.807) is 23.9 Å². The largest absolute Gasteiger partial charge is 0.383 e. The fraction of sp³-hybridized carbons (Fsp3) is 0.556. The van der Waals surface area contributed by atoms with Gasteiger partial charge in [-0.3, -0.25) is 0 Å². The minimum Gasteiger partial charge on any atom is -0.383 e. The predicted octanol–water partition coefficient (Wildman–Crippen LogP) is 1.80. The van der Waals surface area contributed by atoms with Crippen LogP contribution in [-0.2, 0) is 21.3 Å². The first-order valence-electron chi connectivity index (χ1n) is 8.94. The summed E-state index contributed by atoms with van der Waals surface area (Å²) in [5.41, 5.74) is 0.738. The number of nitrogens with one attached hydrogen (secondary N) is 1. The van der Waals surface area contributed by atoms with Crippen LogP contribution in [-0.4, -0.2) is 42.9 Å². The number of hydrogen-bond acceptors (Lipinski definition) is 6. The van der Waals surface area contributed by atoms with Crippen LogP contribution in [0.2, 0.25) is 0 Å². The van der Waals surface area contributed by atoms with Gasteiger partial charge in [0.25, 0.3) is 0 Å². The molecular formula is C18H29N5O3S. The van der Waals surface area contributed by atoms with Gasteiger partial charge < -0.3 is 10.1 Å². The third kappa shape index (κ3) is 5.58. The molecule has 9 heteroatoms. The van der Waals surface area contributed by atoms with Gasteiger partial charge in [0.2, 0.25) is 10.0 Å². The standard InChI is InChI=1S/C18H29N5O3S/c1-12(2)16(11-26-5)20-10-17-21-18(13(3)4)23(22-17)14-6-8-15(9-7-14)27(19,24)25/h6-9,12-13,16,20H,10-11H2,1-5H3,(H2,19,24,25). The van der Waals surface area contributed by atoms with Crippen molar-refractivity contribution in [1.29, 1.82) is 0 Å². The lowest BCUT2D eigenvalue weighted by molar-refractivity contribution is 0.146. The average Bonchev–Trinajstić information content (AvgIpc) is 3.02. The molecule has 0 spiro atoms. The van der Waals surface area contributed by atoms with Crippen LogP contribution in [0.1, 0.15) is 45.3 Å². The van der Waals surface area contributed by atoms with Gasteiger partial charge in [0.05, 0.1) is 23.7 Å². The van der Waals surface area contributed by atoms with Crippen LogP contribution >= 0.6 is 0 Å². The summed E-state index contributed by atoms with van der Waals surface area (Å²) < 4.78 is 29.9. The molecule has 8 nitrogen and oxygen atoms in total. The summed E-state index contributed by atoms with van der Waals surface area (Å²) in [5, 5.41) is 13.2. The molecule has 0 saturated carbocycles. The number of nitrogens with zero attached hydrogens (tertiary/aromatic N) is 3. The Morgan fingerprint density at radius 1 is 1.19 bits per heavy atom. The molecule has 0 aliphatic carbocycles. The van der Waals surface area contributed by atoms with Crippen molar-refractivity contribution in [2.75, 3.05) is 13.7 Å². The summed E-state index contributed by atoms with van der Waals surface area (Å²) >= 11 is 0. The maximum atomic E-state index is 11.4. The van der Waals surface area contributed by atoms with Gasteiger partial charge in [0, 0.05) is 19.1 Å². The summed E-state index contributed by atoms with van der Waals surface area (Å²) in [6.07, 6.45) is 0. The SMILES string of the molecule is COCC(NCc1nc(C(C)C)n(-c2ccc(S(N)(=O)=O)cc2)n1)C(C)C. The molecule has 0 bridgehead atoms. The van der Waals surface area contributed by atoms with Crippen LogP contribution < -0.4 is 10.5 Å². The smallest absolute Gasteiger partial charge is 0.238 e. The number of sulfonamides is 1. The molecular weight excluding hydrogens is 366 g/mol. The van der Waals surface area contributed by atoms with Gasteiger partial charge in [-0.15, -0.1) is 5.10 Å². The highest BCUT2D eigenvalue weighted by atomic mass is 32.2. The minimum atomic E-state index is -3.72. The normalized spacial score (nSPS) is 13.5. The third-order valence-electron chi connectivity index (χ3n) is 4.28. The number of nitrogens with two attached hydrogens (primary N) is 1. The number of hydrogen-bond donors (Lipinski definition) is 2. The molecule has 27 heavy (non-hydrogen) atoms. The highest BCUT2D eigenvalue weighted by molar-refractivity contribution is 7.89. The van der Waals surface area contributed by atoms with E-state index in [1.807, 2.05) is 13.8 Å². The maximum absolute atomic E-state index is 11.4. The van der Waals surface area contributed by atoms with Crippen molar-refractivity contribution in [3.8, 4) is 5.69 Å². The van der Waals surface area contributed by atoms with Crippen LogP contribution in [0, 0.1) is 5.92 Å². The van der Waals surface area contributed by atoms with Crippen LogP contribution in [0.5, 0.6) is 0 Å². The molecule has 0 saturated heterocycles. The fourth-order valence-corrected chi connectivity index (χ4v) is 3.19. The Morgan fingerprint density at radius 3 is 2.30 bits per heavy atom. The Hall–Kier alpha value is -1.81. The zero-order valence-corrected chi connectivity index (χ0v) is 17.3. The summed E-state index contributed by atoms with van der Waals surface area (Å²) in [7, 11) is -2.04. The van der Waals surface area contributed by atoms with Crippen LogP contribution in [0.4, 0.5) is 0 Å². The Morgan fingerprint density at radius 2 is 1.81 bits per heavy atom. The van der Waals surface area contributed by atoms with Crippen molar-refractivity contribution in [3.05, 3.63) is 35.9 Å². The summed E-state index contributed by atoms with van der Waals surface area (Å²) in [6, 6.07) is 6.51. The highest BCUT2D eigenvalue weighted by Crippen LogP contribution is 2.19. The van der Waals surface area contributed by atoms with Crippen molar-refractivity contribution in [2.24, 2.45) is 11.1 Å². The minimum absolute atomic E-state index is 0.0682. The van der Waals surface area contributed by atoms with E-state index in [9.17, 15) is 8.42 Å². The molecule has 1 atom stereocenters. The molecule has 1 heterocycles. The second kappa shape index (κ2) is 8.92. The number of ether oxygens (including phenoxy) is 1. The topological polar surface area (TPSA) is 112 Å². The summed E-state index contributed by atoms with van der Waals surface area (Å²) in [6.45, 7) is 9.49.